The van der Waals surface area contributed by atoms with E-state index in [1.165, 1.54) is 48.5 Å². The number of rotatable bonds is 10. The molecule has 0 spiro atoms. The van der Waals surface area contributed by atoms with Gasteiger partial charge in [0.15, 0.2) is 46.5 Å². The Balaban J connectivity index is 1.16. The average Bonchev–Trinajstić information content (AvgIpc) is 3.09. The molecule has 53 heavy (non-hydrogen) atoms. The van der Waals surface area contributed by atoms with Crippen molar-refractivity contribution in [1.82, 2.24) is 0 Å². The van der Waals surface area contributed by atoms with Gasteiger partial charge in [0.1, 0.15) is 33.8 Å². The van der Waals surface area contributed by atoms with Gasteiger partial charge in [0.2, 0.25) is 0 Å². The van der Waals surface area contributed by atoms with Crippen molar-refractivity contribution in [2.45, 2.75) is 44.5 Å². The summed E-state index contributed by atoms with van der Waals surface area (Å²) in [5, 5.41) is 0. The molecule has 0 saturated heterocycles. The predicted molar refractivity (Wildman–Crippen MR) is 161 cm³/mol. The highest BCUT2D eigenvalue weighted by Gasteiger charge is 2.43. The number of ether oxygens (including phenoxy) is 2. The SMILES string of the molecule is Fc1c(F)c(C(F)(F)F)c(F)c(F)c1C#Cc1ccc(OCCCCCCCOc2ccc(C#Cc3c(F)c(F)c(C(F)(F)F)c(F)c3F)cc2)cc1. The molecule has 0 aliphatic carbocycles. The molecule has 280 valence electrons. The van der Waals surface area contributed by atoms with E-state index in [2.05, 4.69) is 11.8 Å². The molecule has 2 nitrogen and oxygen atoms in total. The minimum Gasteiger partial charge on any atom is -0.494 e. The summed E-state index contributed by atoms with van der Waals surface area (Å²) in [7, 11) is 0. The maximum Gasteiger partial charge on any atom is 0.422 e. The van der Waals surface area contributed by atoms with Crippen LogP contribution in [0.1, 0.15) is 65.5 Å². The molecule has 0 heterocycles. The number of alkyl halides is 6. The minimum atomic E-state index is -5.66. The van der Waals surface area contributed by atoms with Crippen LogP contribution in [0.4, 0.5) is 61.5 Å². The van der Waals surface area contributed by atoms with Crippen molar-refractivity contribution in [3.05, 3.63) is 128 Å². The van der Waals surface area contributed by atoms with E-state index in [4.69, 9.17) is 9.47 Å². The van der Waals surface area contributed by atoms with E-state index in [1.54, 1.807) is 0 Å². The van der Waals surface area contributed by atoms with E-state index < -0.39 is 81.1 Å². The Labute approximate surface area is 292 Å². The molecule has 4 aromatic rings. The molecule has 4 rings (SSSR count). The molecule has 0 aromatic heterocycles. The first kappa shape index (κ1) is 40.4. The maximum absolute atomic E-state index is 14.0. The standard InChI is InChI=1S/C37H22F14O2/c38-28-24(29(39)33(43)26(32(28)42)36(46,47)48)16-10-20-6-12-22(13-7-20)52-18-4-2-1-3-5-19-53-23-14-8-21(9-15-23)11-17-25-30(40)34(44)27(37(49,50)51)35(45)31(25)41/h6-9,12-15H,1-5,18-19H2. The summed E-state index contributed by atoms with van der Waals surface area (Å²) < 4.78 is 199. The number of halogens is 14. The molecule has 0 radical (unpaired) electrons. The van der Waals surface area contributed by atoms with Crippen LogP contribution in [-0.2, 0) is 12.4 Å². The first-order valence-corrected chi connectivity index (χ1v) is 15.3. The number of unbranched alkanes of at least 4 members (excludes halogenated alkanes) is 4. The molecule has 0 aliphatic rings. The van der Waals surface area contributed by atoms with Crippen molar-refractivity contribution in [1.29, 1.82) is 0 Å². The van der Waals surface area contributed by atoms with Crippen molar-refractivity contribution in [2.75, 3.05) is 13.2 Å². The van der Waals surface area contributed by atoms with Crippen LogP contribution in [0, 0.1) is 70.2 Å². The summed E-state index contributed by atoms with van der Waals surface area (Å²) in [6.07, 6.45) is -7.56. The van der Waals surface area contributed by atoms with Crippen LogP contribution in [0.25, 0.3) is 0 Å². The number of benzene rings is 4. The van der Waals surface area contributed by atoms with Crippen molar-refractivity contribution in [3.8, 4) is 35.2 Å². The van der Waals surface area contributed by atoms with Crippen LogP contribution in [0.5, 0.6) is 11.5 Å². The van der Waals surface area contributed by atoms with Gasteiger partial charge in [-0.25, -0.2) is 35.1 Å². The number of hydrogen-bond acceptors (Lipinski definition) is 2. The van der Waals surface area contributed by atoms with Crippen molar-refractivity contribution in [3.63, 3.8) is 0 Å². The fourth-order valence-electron chi connectivity index (χ4n) is 4.63. The third-order valence-electron chi connectivity index (χ3n) is 7.29. The quantitative estimate of drug-likeness (QED) is 0.0693. The van der Waals surface area contributed by atoms with Crippen molar-refractivity contribution >= 4 is 0 Å². The van der Waals surface area contributed by atoms with Crippen LogP contribution >= 0.6 is 0 Å². The molecule has 0 fully saturated rings. The van der Waals surface area contributed by atoms with Crippen LogP contribution in [0.3, 0.4) is 0 Å². The predicted octanol–water partition coefficient (Wildman–Crippen LogP) is 11.0. The summed E-state index contributed by atoms with van der Waals surface area (Å²) in [5.74, 6) is -10.5. The normalized spacial score (nSPS) is 11.4. The number of hydrogen-bond donors (Lipinski definition) is 0. The Hall–Kier alpha value is -5.38. The summed E-state index contributed by atoms with van der Waals surface area (Å²) in [4.78, 5) is 0. The van der Waals surface area contributed by atoms with Gasteiger partial charge in [-0.3, -0.25) is 0 Å². The Morgan fingerprint density at radius 2 is 0.660 bits per heavy atom. The van der Waals surface area contributed by atoms with Gasteiger partial charge in [-0.05, 0) is 61.4 Å². The van der Waals surface area contributed by atoms with Crippen molar-refractivity contribution < 1.29 is 70.9 Å². The summed E-state index contributed by atoms with van der Waals surface area (Å²) in [6.45, 7) is 0.665. The largest absolute Gasteiger partial charge is 0.494 e. The molecule has 0 amide bonds. The monoisotopic (exact) mass is 764 g/mol. The lowest BCUT2D eigenvalue weighted by molar-refractivity contribution is -0.144. The molecule has 0 aliphatic heterocycles. The Bertz CT molecular complexity index is 1860. The lowest BCUT2D eigenvalue weighted by Gasteiger charge is -2.11. The fourth-order valence-corrected chi connectivity index (χ4v) is 4.63. The van der Waals surface area contributed by atoms with Gasteiger partial charge in [0, 0.05) is 11.1 Å². The molecule has 16 heteroatoms. The zero-order valence-electron chi connectivity index (χ0n) is 26.7. The highest BCUT2D eigenvalue weighted by molar-refractivity contribution is 5.48. The van der Waals surface area contributed by atoms with Crippen LogP contribution < -0.4 is 9.47 Å². The van der Waals surface area contributed by atoms with E-state index in [0.29, 0.717) is 37.6 Å². The molecule has 4 aromatic carbocycles. The Kier molecular flexibility index (Phi) is 12.9. The van der Waals surface area contributed by atoms with Gasteiger partial charge in [0.25, 0.3) is 0 Å². The van der Waals surface area contributed by atoms with E-state index in [0.717, 1.165) is 19.3 Å². The highest BCUT2D eigenvalue weighted by atomic mass is 19.4. The first-order chi connectivity index (χ1) is 24.9. The van der Waals surface area contributed by atoms with Gasteiger partial charge in [-0.15, -0.1) is 0 Å². The zero-order chi connectivity index (χ0) is 39.1. The third kappa shape index (κ3) is 9.94. The molecular formula is C37H22F14O2. The topological polar surface area (TPSA) is 18.5 Å². The lowest BCUT2D eigenvalue weighted by atomic mass is 10.1. The van der Waals surface area contributed by atoms with Crippen LogP contribution in [0.2, 0.25) is 0 Å². The maximum atomic E-state index is 14.0. The van der Waals surface area contributed by atoms with E-state index in [-0.39, 0.29) is 11.1 Å². The third-order valence-corrected chi connectivity index (χ3v) is 7.29. The molecule has 0 saturated carbocycles. The molecule has 0 unspecified atom stereocenters. The van der Waals surface area contributed by atoms with E-state index >= 15 is 0 Å². The highest BCUT2D eigenvalue weighted by Crippen LogP contribution is 2.38. The van der Waals surface area contributed by atoms with Gasteiger partial charge in [-0.2, -0.15) is 26.3 Å². The smallest absolute Gasteiger partial charge is 0.422 e. The second-order valence-electron chi connectivity index (χ2n) is 11.0. The molecule has 0 atom stereocenters. The van der Waals surface area contributed by atoms with Gasteiger partial charge in [0.05, 0.1) is 13.2 Å². The Morgan fingerprint density at radius 3 is 0.943 bits per heavy atom. The second-order valence-corrected chi connectivity index (χ2v) is 11.0. The molecule has 0 N–H and O–H groups in total. The van der Waals surface area contributed by atoms with Gasteiger partial charge < -0.3 is 9.47 Å². The lowest BCUT2D eigenvalue weighted by Crippen LogP contribution is -2.16. The minimum absolute atomic E-state index is 0.129. The fraction of sp³-hybridized carbons (Fsp3) is 0.243. The average molecular weight is 765 g/mol. The zero-order valence-corrected chi connectivity index (χ0v) is 26.7. The first-order valence-electron chi connectivity index (χ1n) is 15.3. The van der Waals surface area contributed by atoms with E-state index in [1.807, 2.05) is 11.8 Å². The van der Waals surface area contributed by atoms with Gasteiger partial charge >= 0.3 is 12.4 Å². The van der Waals surface area contributed by atoms with Crippen molar-refractivity contribution in [2.24, 2.45) is 0 Å². The summed E-state index contributed by atoms with van der Waals surface area (Å²) in [5.41, 5.74) is -8.09. The van der Waals surface area contributed by atoms with Crippen LogP contribution in [0.15, 0.2) is 48.5 Å². The molecular weight excluding hydrogens is 742 g/mol. The van der Waals surface area contributed by atoms with Crippen LogP contribution in [-0.4, -0.2) is 13.2 Å². The summed E-state index contributed by atoms with van der Waals surface area (Å²) in [6, 6.07) is 11.3. The summed E-state index contributed by atoms with van der Waals surface area (Å²) >= 11 is 0. The molecule has 0 bridgehead atoms. The Morgan fingerprint density at radius 1 is 0.377 bits per heavy atom. The van der Waals surface area contributed by atoms with Gasteiger partial charge in [-0.1, -0.05) is 42.9 Å². The second kappa shape index (κ2) is 17.0. The van der Waals surface area contributed by atoms with E-state index in [9.17, 15) is 61.5 Å².